The molecule has 10 heteroatoms. The summed E-state index contributed by atoms with van der Waals surface area (Å²) in [6, 6.07) is -0.901. The van der Waals surface area contributed by atoms with Crippen molar-refractivity contribution in [2.75, 3.05) is 40.9 Å². The number of phosphoric acid groups is 1. The largest absolute Gasteiger partial charge is 0.756 e. The fourth-order valence-electron chi connectivity index (χ4n) is 10.3. The Bertz CT molecular complexity index is 1870. The minimum Gasteiger partial charge on any atom is -0.756 e. The number of phosphoric ester groups is 1. The minimum absolute atomic E-state index is 0.0284. The van der Waals surface area contributed by atoms with Crippen molar-refractivity contribution in [1.29, 1.82) is 0 Å². The van der Waals surface area contributed by atoms with Crippen LogP contribution in [0.2, 0.25) is 0 Å². The van der Waals surface area contributed by atoms with Gasteiger partial charge in [0.1, 0.15) is 19.3 Å². The number of rotatable bonds is 66. The Kier molecular flexibility index (Phi) is 64.1. The van der Waals surface area contributed by atoms with Crippen LogP contribution in [0.4, 0.5) is 0 Å². The zero-order valence-electron chi connectivity index (χ0n) is 58.2. The second-order valence-electron chi connectivity index (χ2n) is 25.7. The molecule has 0 aromatic rings. The number of ether oxygens (including phenoxy) is 1. The van der Waals surface area contributed by atoms with Crippen molar-refractivity contribution in [3.05, 3.63) is 109 Å². The van der Waals surface area contributed by atoms with E-state index in [1.165, 1.54) is 173 Å². The molecule has 1 N–H and O–H groups in total. The molecular weight excluding hydrogens is 1110 g/mol. The highest BCUT2D eigenvalue weighted by molar-refractivity contribution is 7.45. The molecule has 3 atom stereocenters. The smallest absolute Gasteiger partial charge is 0.306 e. The third kappa shape index (κ3) is 67.1. The number of quaternary nitrogens is 1. The molecule has 0 saturated carbocycles. The Morgan fingerprint density at radius 2 is 0.727 bits per heavy atom. The van der Waals surface area contributed by atoms with Crippen molar-refractivity contribution in [3.63, 3.8) is 0 Å². The lowest BCUT2D eigenvalue weighted by Gasteiger charge is -2.30. The molecule has 0 heterocycles. The van der Waals surface area contributed by atoms with Gasteiger partial charge in [-0.15, -0.1) is 0 Å². The third-order valence-electron chi connectivity index (χ3n) is 15.9. The molecule has 0 aromatic heterocycles. The monoisotopic (exact) mass is 1250 g/mol. The molecule has 0 aliphatic rings. The Hall–Kier alpha value is -3.33. The van der Waals surface area contributed by atoms with Gasteiger partial charge in [-0.3, -0.25) is 14.2 Å². The molecule has 0 rings (SSSR count). The van der Waals surface area contributed by atoms with Gasteiger partial charge in [-0.05, 0) is 115 Å². The van der Waals surface area contributed by atoms with Gasteiger partial charge in [-0.1, -0.05) is 304 Å². The number of hydrogen-bond donors (Lipinski definition) is 1. The first-order valence-electron chi connectivity index (χ1n) is 36.7. The SMILES string of the molecule is CC/C=C\C/C=C\C/C=C\C/C=C\C/C=C\CCCCCCCCCC(=O)OC(/C=C\CCCCCCCCCCCC)C(COP(=O)([O-])OCC[N+](C)(C)C)NC(=O)CCCCCCCCCCCCCCCC/C=C\C/C=C\C/C=C\CCCCC. The molecule has 508 valence electrons. The van der Waals surface area contributed by atoms with Crippen LogP contribution >= 0.6 is 7.82 Å². The van der Waals surface area contributed by atoms with E-state index in [0.717, 1.165) is 109 Å². The van der Waals surface area contributed by atoms with Crippen LogP contribution in [0.25, 0.3) is 0 Å². The van der Waals surface area contributed by atoms with Crippen LogP contribution in [0.1, 0.15) is 323 Å². The number of amides is 1. The molecule has 1 amide bonds. The van der Waals surface area contributed by atoms with Crippen molar-refractivity contribution in [2.45, 2.75) is 335 Å². The number of likely N-dealkylation sites (N-methyl/N-ethyl adjacent to an activating group) is 1. The number of nitrogens with zero attached hydrogens (tertiary/aromatic N) is 1. The van der Waals surface area contributed by atoms with E-state index in [0.29, 0.717) is 23.9 Å². The van der Waals surface area contributed by atoms with Gasteiger partial charge in [0.15, 0.2) is 0 Å². The number of allylic oxidation sites excluding steroid dienone is 17. The molecule has 3 unspecified atom stereocenters. The lowest BCUT2D eigenvalue weighted by molar-refractivity contribution is -0.870. The lowest BCUT2D eigenvalue weighted by atomic mass is 10.0. The summed E-state index contributed by atoms with van der Waals surface area (Å²) in [4.78, 5) is 40.2. The Balaban J connectivity index is 5.04. The van der Waals surface area contributed by atoms with E-state index in [9.17, 15) is 19.0 Å². The summed E-state index contributed by atoms with van der Waals surface area (Å²) in [5, 5.41) is 3.04. The standard InChI is InChI=1S/C78H139N2O7P/c1-7-10-13-16-19-22-25-28-30-32-34-36-38-39-40-41-43-44-46-48-50-52-55-58-61-64-67-70-77(81)79-75(74-86-88(83,84)85-73-72-80(4,5)6)76(69-66-63-60-57-54-27-24-21-18-15-12-9-3)87-78(82)71-68-65-62-59-56-53-51-49-47-45-42-37-35-33-31-29-26-23-20-17-14-11-8-2/h11,14,19-20,22-23,28-31,34-37,45,47,66,69,75-76H,7-10,12-13,15-18,21,24-27,32-33,38-44,46,48-65,67-68,70-74H2,1-6H3,(H-,79,81,83,84)/b14-11-,22-19-,23-20-,30-28-,31-29-,36-34-,37-35-,47-45-,69-66-. The molecule has 9 nitrogen and oxygen atoms in total. The highest BCUT2D eigenvalue weighted by Crippen LogP contribution is 2.38. The van der Waals surface area contributed by atoms with E-state index in [1.807, 2.05) is 33.3 Å². The van der Waals surface area contributed by atoms with Gasteiger partial charge in [0, 0.05) is 12.8 Å². The number of unbranched alkanes of at least 4 members (excludes halogenated alkanes) is 34. The summed E-state index contributed by atoms with van der Waals surface area (Å²) >= 11 is 0. The van der Waals surface area contributed by atoms with Crippen LogP contribution in [0.3, 0.4) is 0 Å². The molecule has 0 saturated heterocycles. The quantitative estimate of drug-likeness (QED) is 0.0212. The topological polar surface area (TPSA) is 114 Å². The van der Waals surface area contributed by atoms with E-state index in [2.05, 4.69) is 123 Å². The van der Waals surface area contributed by atoms with E-state index < -0.39 is 26.6 Å². The Morgan fingerprint density at radius 3 is 1.11 bits per heavy atom. The maximum absolute atomic E-state index is 13.6. The van der Waals surface area contributed by atoms with Crippen LogP contribution in [0, 0.1) is 0 Å². The van der Waals surface area contributed by atoms with Crippen LogP contribution in [0.15, 0.2) is 109 Å². The van der Waals surface area contributed by atoms with Gasteiger partial charge in [0.25, 0.3) is 7.82 Å². The second-order valence-corrected chi connectivity index (χ2v) is 27.1. The van der Waals surface area contributed by atoms with E-state index in [-0.39, 0.29) is 24.9 Å². The first-order chi connectivity index (χ1) is 42.9. The molecule has 0 bridgehead atoms. The fraction of sp³-hybridized carbons (Fsp3) is 0.744. The zero-order valence-corrected chi connectivity index (χ0v) is 59.0. The third-order valence-corrected chi connectivity index (χ3v) is 16.9. The molecule has 0 aliphatic heterocycles. The average molecular weight is 1250 g/mol. The van der Waals surface area contributed by atoms with E-state index in [1.54, 1.807) is 0 Å². The van der Waals surface area contributed by atoms with Gasteiger partial charge in [-0.2, -0.15) is 0 Å². The predicted octanol–water partition coefficient (Wildman–Crippen LogP) is 23.0. The van der Waals surface area contributed by atoms with Crippen LogP contribution < -0.4 is 10.2 Å². The highest BCUT2D eigenvalue weighted by atomic mass is 31.2. The summed E-state index contributed by atoms with van der Waals surface area (Å²) in [5.41, 5.74) is 0. The molecular formula is C78H139N2O7P. The number of hydrogen-bond acceptors (Lipinski definition) is 7. The van der Waals surface area contributed by atoms with Gasteiger partial charge >= 0.3 is 5.97 Å². The normalized spacial score (nSPS) is 14.1. The maximum Gasteiger partial charge on any atom is 0.306 e. The highest BCUT2D eigenvalue weighted by Gasteiger charge is 2.27. The molecule has 0 fully saturated rings. The average Bonchev–Trinajstić information content (AvgIpc) is 3.71. The minimum atomic E-state index is -4.71. The maximum atomic E-state index is 13.6. The lowest BCUT2D eigenvalue weighted by Crippen LogP contribution is -2.47. The fourth-order valence-corrected chi connectivity index (χ4v) is 11.0. The van der Waals surface area contributed by atoms with Crippen molar-refractivity contribution < 1.29 is 37.3 Å². The molecule has 0 spiro atoms. The van der Waals surface area contributed by atoms with Crippen LogP contribution in [0.5, 0.6) is 0 Å². The van der Waals surface area contributed by atoms with Gasteiger partial charge in [0.05, 0.1) is 33.8 Å². The van der Waals surface area contributed by atoms with E-state index >= 15 is 0 Å². The molecule has 88 heavy (non-hydrogen) atoms. The van der Waals surface area contributed by atoms with Crippen LogP contribution in [-0.4, -0.2) is 69.4 Å². The first-order valence-corrected chi connectivity index (χ1v) is 38.2. The van der Waals surface area contributed by atoms with Gasteiger partial charge < -0.3 is 28.5 Å². The summed E-state index contributed by atoms with van der Waals surface area (Å²) in [5.74, 6) is -0.551. The molecule has 0 radical (unpaired) electrons. The summed E-state index contributed by atoms with van der Waals surface area (Å²) in [6.45, 7) is 6.72. The summed E-state index contributed by atoms with van der Waals surface area (Å²) in [7, 11) is 1.17. The van der Waals surface area contributed by atoms with Crippen molar-refractivity contribution in [3.8, 4) is 0 Å². The summed E-state index contributed by atoms with van der Waals surface area (Å²) in [6.07, 6.45) is 92.1. The number of carbonyl (C=O) groups is 2. The van der Waals surface area contributed by atoms with Crippen molar-refractivity contribution in [1.82, 2.24) is 5.32 Å². The Morgan fingerprint density at radius 1 is 0.409 bits per heavy atom. The summed E-state index contributed by atoms with van der Waals surface area (Å²) < 4.78 is 30.5. The number of esters is 1. The van der Waals surface area contributed by atoms with Crippen molar-refractivity contribution >= 4 is 19.7 Å². The van der Waals surface area contributed by atoms with Gasteiger partial charge in [-0.25, -0.2) is 0 Å². The predicted molar refractivity (Wildman–Crippen MR) is 381 cm³/mol. The Labute approximate surface area is 544 Å². The first kappa shape index (κ1) is 84.7. The van der Waals surface area contributed by atoms with Crippen molar-refractivity contribution in [2.24, 2.45) is 0 Å². The number of nitrogens with one attached hydrogen (secondary N) is 1. The zero-order chi connectivity index (χ0) is 64.2. The second kappa shape index (κ2) is 66.6. The van der Waals surface area contributed by atoms with E-state index in [4.69, 9.17) is 13.8 Å². The number of carbonyl (C=O) groups excluding carboxylic acids is 2. The molecule has 0 aromatic carbocycles. The molecule has 0 aliphatic carbocycles. The van der Waals surface area contributed by atoms with Crippen LogP contribution in [-0.2, 0) is 27.9 Å². The van der Waals surface area contributed by atoms with Gasteiger partial charge in [0.2, 0.25) is 5.91 Å².